The van der Waals surface area contributed by atoms with Crippen molar-refractivity contribution in [3.05, 3.63) is 48.0 Å². The molecule has 198 valence electrons. The third-order valence-electron chi connectivity index (χ3n) is 5.56. The van der Waals surface area contributed by atoms with Gasteiger partial charge in [0.25, 0.3) is 0 Å². The summed E-state index contributed by atoms with van der Waals surface area (Å²) in [6.07, 6.45) is 1.35. The van der Waals surface area contributed by atoms with Crippen LogP contribution in [0.4, 0.5) is 5.69 Å². The number of hydrogen-bond donors (Lipinski definition) is 1. The number of amides is 2. The second kappa shape index (κ2) is 13.0. The summed E-state index contributed by atoms with van der Waals surface area (Å²) in [5.74, 6) is 0.440. The Kier molecular flexibility index (Phi) is 10.4. The van der Waals surface area contributed by atoms with Gasteiger partial charge in [-0.2, -0.15) is 0 Å². The van der Waals surface area contributed by atoms with Crippen molar-refractivity contribution < 1.29 is 32.2 Å². The van der Waals surface area contributed by atoms with E-state index in [1.54, 1.807) is 38.1 Å². The van der Waals surface area contributed by atoms with Gasteiger partial charge in [0.2, 0.25) is 21.8 Å². The molecule has 2 aromatic carbocycles. The summed E-state index contributed by atoms with van der Waals surface area (Å²) in [6.45, 7) is 3.55. The van der Waals surface area contributed by atoms with Crippen molar-refractivity contribution in [2.75, 3.05) is 45.0 Å². The van der Waals surface area contributed by atoms with Crippen molar-refractivity contribution in [3.63, 3.8) is 0 Å². The minimum absolute atomic E-state index is 0.0863. The van der Waals surface area contributed by atoms with E-state index in [9.17, 15) is 18.0 Å². The van der Waals surface area contributed by atoms with E-state index in [0.29, 0.717) is 24.5 Å². The topological polar surface area (TPSA) is 114 Å². The lowest BCUT2D eigenvalue weighted by Gasteiger charge is -2.33. The van der Waals surface area contributed by atoms with Gasteiger partial charge in [-0.05, 0) is 43.2 Å². The second-order valence-electron chi connectivity index (χ2n) is 8.00. The largest absolute Gasteiger partial charge is 0.497 e. The molecule has 0 aromatic heterocycles. The van der Waals surface area contributed by atoms with Gasteiger partial charge in [-0.1, -0.05) is 19.1 Å². The Bertz CT molecular complexity index is 1150. The van der Waals surface area contributed by atoms with E-state index in [-0.39, 0.29) is 23.9 Å². The maximum atomic E-state index is 13.7. The number of hydrogen-bond acceptors (Lipinski definition) is 7. The van der Waals surface area contributed by atoms with Gasteiger partial charge in [0, 0.05) is 19.2 Å². The molecule has 0 aliphatic carbocycles. The molecule has 2 amide bonds. The summed E-state index contributed by atoms with van der Waals surface area (Å²) in [6, 6.07) is 11.0. The predicted octanol–water partition coefficient (Wildman–Crippen LogP) is 2.42. The van der Waals surface area contributed by atoms with Crippen molar-refractivity contribution >= 4 is 27.5 Å². The van der Waals surface area contributed by atoms with Crippen LogP contribution in [0, 0.1) is 0 Å². The molecule has 0 aliphatic rings. The van der Waals surface area contributed by atoms with E-state index in [1.807, 2.05) is 6.07 Å². The first kappa shape index (κ1) is 28.8. The maximum Gasteiger partial charge on any atom is 0.244 e. The fraction of sp³-hybridized carbons (Fsp3) is 0.440. The van der Waals surface area contributed by atoms with Crippen molar-refractivity contribution in [2.45, 2.75) is 32.9 Å². The monoisotopic (exact) mass is 521 g/mol. The zero-order chi connectivity index (χ0) is 26.9. The molecular formula is C25H35N3O7S. The van der Waals surface area contributed by atoms with Crippen LogP contribution in [0.15, 0.2) is 42.5 Å². The van der Waals surface area contributed by atoms with Gasteiger partial charge >= 0.3 is 0 Å². The number of methoxy groups -OCH3 is 3. The van der Waals surface area contributed by atoms with Gasteiger partial charge in [-0.15, -0.1) is 0 Å². The number of carbonyl (C=O) groups is 2. The molecule has 2 aromatic rings. The second-order valence-corrected chi connectivity index (χ2v) is 9.91. The van der Waals surface area contributed by atoms with Crippen LogP contribution in [0.25, 0.3) is 0 Å². The number of sulfonamides is 1. The molecule has 0 radical (unpaired) electrons. The van der Waals surface area contributed by atoms with Crippen molar-refractivity contribution in [1.82, 2.24) is 10.2 Å². The highest BCUT2D eigenvalue weighted by molar-refractivity contribution is 7.92. The summed E-state index contributed by atoms with van der Waals surface area (Å²) >= 11 is 0. The minimum Gasteiger partial charge on any atom is -0.497 e. The van der Waals surface area contributed by atoms with Gasteiger partial charge in [0.05, 0.1) is 33.3 Å². The highest BCUT2D eigenvalue weighted by Crippen LogP contribution is 2.33. The van der Waals surface area contributed by atoms with Crippen molar-refractivity contribution in [3.8, 4) is 17.2 Å². The van der Waals surface area contributed by atoms with Crippen molar-refractivity contribution in [2.24, 2.45) is 0 Å². The smallest absolute Gasteiger partial charge is 0.244 e. The molecule has 0 saturated heterocycles. The number of nitrogens with zero attached hydrogens (tertiary/aromatic N) is 2. The normalized spacial score (nSPS) is 11.8. The molecule has 10 nitrogen and oxygen atoms in total. The Hall–Kier alpha value is -3.47. The number of anilines is 1. The lowest BCUT2D eigenvalue weighted by Crippen LogP contribution is -2.52. The third-order valence-corrected chi connectivity index (χ3v) is 6.69. The Morgan fingerprint density at radius 1 is 0.972 bits per heavy atom. The zero-order valence-electron chi connectivity index (χ0n) is 21.6. The minimum atomic E-state index is -3.90. The summed E-state index contributed by atoms with van der Waals surface area (Å²) in [5.41, 5.74) is 0.917. The quantitative estimate of drug-likeness (QED) is 0.431. The number of rotatable bonds is 13. The van der Waals surface area contributed by atoms with Crippen LogP contribution in [0.2, 0.25) is 0 Å². The molecule has 0 unspecified atom stereocenters. The first-order chi connectivity index (χ1) is 17.1. The summed E-state index contributed by atoms with van der Waals surface area (Å²) in [4.78, 5) is 28.0. The van der Waals surface area contributed by atoms with Gasteiger partial charge in [-0.3, -0.25) is 13.9 Å². The van der Waals surface area contributed by atoms with Crippen LogP contribution in [0.5, 0.6) is 17.2 Å². The molecule has 1 N–H and O–H groups in total. The summed E-state index contributed by atoms with van der Waals surface area (Å²) in [5, 5.41) is 2.76. The third kappa shape index (κ3) is 7.27. The Balaban J connectivity index is 2.51. The number of likely N-dealkylation sites (N-methyl/N-ethyl adjacent to an activating group) is 1. The van der Waals surface area contributed by atoms with Crippen LogP contribution in [-0.4, -0.2) is 71.8 Å². The lowest BCUT2D eigenvalue weighted by atomic mass is 10.1. The maximum absolute atomic E-state index is 13.7. The van der Waals surface area contributed by atoms with E-state index >= 15 is 0 Å². The average molecular weight is 522 g/mol. The molecular weight excluding hydrogens is 486 g/mol. The molecule has 36 heavy (non-hydrogen) atoms. The Morgan fingerprint density at radius 3 is 2.19 bits per heavy atom. The zero-order valence-corrected chi connectivity index (χ0v) is 22.4. The highest BCUT2D eigenvalue weighted by Gasteiger charge is 2.32. The highest BCUT2D eigenvalue weighted by atomic mass is 32.2. The number of carbonyl (C=O) groups excluding carboxylic acids is 2. The lowest BCUT2D eigenvalue weighted by molar-refractivity contribution is -0.140. The van der Waals surface area contributed by atoms with E-state index < -0.39 is 28.5 Å². The number of nitrogens with one attached hydrogen (secondary N) is 1. The van der Waals surface area contributed by atoms with Crippen LogP contribution in [-0.2, 0) is 26.2 Å². The van der Waals surface area contributed by atoms with Gasteiger partial charge in [-0.25, -0.2) is 8.42 Å². The van der Waals surface area contributed by atoms with E-state index in [0.717, 1.165) is 16.1 Å². The Labute approximate surface area is 213 Å². The predicted molar refractivity (Wildman–Crippen MR) is 138 cm³/mol. The standard InChI is InChI=1S/C25H35N3O7S/c1-7-21(25(30)26-8-2)27(16-18-10-9-11-19(14-18)33-3)24(29)17-28(36(6,31)32)22-13-12-20(34-4)15-23(22)35-5/h9-15,21H,7-8,16-17H2,1-6H3,(H,26,30)/t21-/m1/s1. The Morgan fingerprint density at radius 2 is 1.64 bits per heavy atom. The fourth-order valence-corrected chi connectivity index (χ4v) is 4.62. The first-order valence-electron chi connectivity index (χ1n) is 11.5. The fourth-order valence-electron chi connectivity index (χ4n) is 3.76. The van der Waals surface area contributed by atoms with Gasteiger partial charge < -0.3 is 24.4 Å². The summed E-state index contributed by atoms with van der Waals surface area (Å²) < 4.78 is 42.4. The van der Waals surface area contributed by atoms with Crippen LogP contribution in [0.3, 0.4) is 0 Å². The molecule has 0 heterocycles. The molecule has 0 bridgehead atoms. The summed E-state index contributed by atoms with van der Waals surface area (Å²) in [7, 11) is 0.521. The molecule has 0 spiro atoms. The van der Waals surface area contributed by atoms with Crippen LogP contribution < -0.4 is 23.8 Å². The average Bonchev–Trinajstić information content (AvgIpc) is 2.86. The van der Waals surface area contributed by atoms with Crippen LogP contribution in [0.1, 0.15) is 25.8 Å². The molecule has 11 heteroatoms. The number of benzene rings is 2. The van der Waals surface area contributed by atoms with Gasteiger partial charge in [0.1, 0.15) is 29.8 Å². The molecule has 0 saturated carbocycles. The van der Waals surface area contributed by atoms with Gasteiger partial charge in [0.15, 0.2) is 0 Å². The van der Waals surface area contributed by atoms with Crippen LogP contribution >= 0.6 is 0 Å². The molecule has 0 aliphatic heterocycles. The van der Waals surface area contributed by atoms with E-state index in [4.69, 9.17) is 14.2 Å². The molecule has 2 rings (SSSR count). The molecule has 0 fully saturated rings. The van der Waals surface area contributed by atoms with E-state index in [2.05, 4.69) is 5.32 Å². The van der Waals surface area contributed by atoms with E-state index in [1.165, 1.54) is 38.4 Å². The van der Waals surface area contributed by atoms with Crippen molar-refractivity contribution in [1.29, 1.82) is 0 Å². The molecule has 1 atom stereocenters. The SMILES string of the molecule is CCNC(=O)[C@@H](CC)N(Cc1cccc(OC)c1)C(=O)CN(c1ccc(OC)cc1OC)S(C)(=O)=O. The first-order valence-corrected chi connectivity index (χ1v) is 13.3. The number of ether oxygens (including phenoxy) is 3.